The van der Waals surface area contributed by atoms with Gasteiger partial charge in [0.05, 0.1) is 16.9 Å². The molecule has 0 bridgehead atoms. The monoisotopic (exact) mass is 535 g/mol. The summed E-state index contributed by atoms with van der Waals surface area (Å²) in [6, 6.07) is 19.8. The quantitative estimate of drug-likeness (QED) is 0.233. The Morgan fingerprint density at radius 3 is 2.55 bits per heavy atom. The van der Waals surface area contributed by atoms with Crippen LogP contribution in [0.3, 0.4) is 0 Å². The van der Waals surface area contributed by atoms with E-state index in [-0.39, 0.29) is 17.5 Å². The highest BCUT2D eigenvalue weighted by atomic mass is 16.5. The molecule has 5 aromatic rings. The number of carbonyl (C=O) groups is 2. The number of nitrogens with one attached hydrogen (secondary N) is 3. The first kappa shape index (κ1) is 26.4. The molecule has 3 N–H and O–H groups in total. The summed E-state index contributed by atoms with van der Waals surface area (Å²) in [5, 5.41) is 14.1. The number of aryl methyl sites for hydroxylation is 1. The van der Waals surface area contributed by atoms with Crippen molar-refractivity contribution < 1.29 is 14.3 Å². The summed E-state index contributed by atoms with van der Waals surface area (Å²) in [6.45, 7) is 5.98. The van der Waals surface area contributed by atoms with Crippen molar-refractivity contribution in [1.29, 1.82) is 0 Å². The molecular weight excluding hydrogens is 506 g/mol. The molecule has 0 atom stereocenters. The maximum absolute atomic E-state index is 13.0. The van der Waals surface area contributed by atoms with E-state index in [1.54, 1.807) is 42.2 Å². The van der Waals surface area contributed by atoms with E-state index in [4.69, 9.17) is 9.84 Å². The summed E-state index contributed by atoms with van der Waals surface area (Å²) in [5.41, 5.74) is 4.20. The zero-order chi connectivity index (χ0) is 28.2. The number of urea groups is 1. The predicted octanol–water partition coefficient (Wildman–Crippen LogP) is 6.04. The maximum atomic E-state index is 13.0. The van der Waals surface area contributed by atoms with Gasteiger partial charge in [-0.15, -0.1) is 0 Å². The van der Waals surface area contributed by atoms with Crippen LogP contribution in [0.25, 0.3) is 16.6 Å². The highest BCUT2D eigenvalue weighted by molar-refractivity contribution is 5.99. The number of anilines is 2. The maximum Gasteiger partial charge on any atom is 0.324 e. The van der Waals surface area contributed by atoms with Crippen molar-refractivity contribution in [3.8, 4) is 17.2 Å². The van der Waals surface area contributed by atoms with Crippen LogP contribution in [0.4, 0.5) is 16.3 Å². The molecule has 0 aliphatic heterocycles. The van der Waals surface area contributed by atoms with Crippen molar-refractivity contribution in [2.24, 2.45) is 0 Å². The van der Waals surface area contributed by atoms with E-state index < -0.39 is 6.03 Å². The number of carbonyl (C=O) groups excluding carboxylic acids is 2. The first-order chi connectivity index (χ1) is 19.3. The summed E-state index contributed by atoms with van der Waals surface area (Å²) in [5.74, 6) is 1.49. The Balaban J connectivity index is 1.32. The molecule has 3 aromatic heterocycles. The second-order valence-electron chi connectivity index (χ2n) is 9.52. The molecule has 10 nitrogen and oxygen atoms in total. The van der Waals surface area contributed by atoms with E-state index in [0.717, 1.165) is 27.8 Å². The van der Waals surface area contributed by atoms with Crippen LogP contribution in [0.15, 0.2) is 79.1 Å². The minimum Gasteiger partial charge on any atom is -0.457 e. The van der Waals surface area contributed by atoms with Crippen LogP contribution < -0.4 is 20.7 Å². The molecule has 5 rings (SSSR count). The smallest absolute Gasteiger partial charge is 0.324 e. The Hall–Kier alpha value is -5.25. The minimum absolute atomic E-state index is 0.176. The average Bonchev–Trinajstić information content (AvgIpc) is 3.38. The molecule has 0 saturated heterocycles. The molecule has 0 aliphatic rings. The van der Waals surface area contributed by atoms with Crippen molar-refractivity contribution in [1.82, 2.24) is 25.1 Å². The van der Waals surface area contributed by atoms with Gasteiger partial charge in [-0.05, 0) is 66.9 Å². The van der Waals surface area contributed by atoms with Crippen LogP contribution in [0.2, 0.25) is 0 Å². The lowest BCUT2D eigenvalue weighted by Crippen LogP contribution is -2.21. The largest absolute Gasteiger partial charge is 0.457 e. The van der Waals surface area contributed by atoms with Crippen molar-refractivity contribution in [3.05, 3.63) is 96.1 Å². The summed E-state index contributed by atoms with van der Waals surface area (Å²) in [6.07, 6.45) is 3.27. The van der Waals surface area contributed by atoms with Gasteiger partial charge in [0, 0.05) is 42.6 Å². The van der Waals surface area contributed by atoms with Gasteiger partial charge >= 0.3 is 6.03 Å². The van der Waals surface area contributed by atoms with Crippen LogP contribution in [-0.4, -0.2) is 38.7 Å². The second kappa shape index (κ2) is 11.2. The molecule has 3 amide bonds. The number of hydrogen-bond donors (Lipinski definition) is 3. The fourth-order valence-electron chi connectivity index (χ4n) is 4.14. The van der Waals surface area contributed by atoms with Gasteiger partial charge in [-0.3, -0.25) is 20.1 Å². The van der Waals surface area contributed by atoms with Crippen LogP contribution in [0.1, 0.15) is 41.5 Å². The predicted molar refractivity (Wildman–Crippen MR) is 154 cm³/mol. The highest BCUT2D eigenvalue weighted by Crippen LogP contribution is 2.28. The molecule has 0 spiro atoms. The summed E-state index contributed by atoms with van der Waals surface area (Å²) < 4.78 is 7.68. The molecule has 40 heavy (non-hydrogen) atoms. The van der Waals surface area contributed by atoms with E-state index in [2.05, 4.69) is 39.8 Å². The van der Waals surface area contributed by atoms with Gasteiger partial charge < -0.3 is 15.4 Å². The zero-order valence-electron chi connectivity index (χ0n) is 22.6. The first-order valence-corrected chi connectivity index (χ1v) is 12.8. The normalized spacial score (nSPS) is 10.9. The third-order valence-corrected chi connectivity index (χ3v) is 6.24. The third-order valence-electron chi connectivity index (χ3n) is 6.24. The van der Waals surface area contributed by atoms with Crippen LogP contribution in [0, 0.1) is 6.92 Å². The van der Waals surface area contributed by atoms with Crippen LogP contribution in [0.5, 0.6) is 11.5 Å². The van der Waals surface area contributed by atoms with Crippen molar-refractivity contribution in [3.63, 3.8) is 0 Å². The van der Waals surface area contributed by atoms with Gasteiger partial charge in [-0.2, -0.15) is 5.10 Å². The first-order valence-electron chi connectivity index (χ1n) is 12.8. The van der Waals surface area contributed by atoms with Gasteiger partial charge in [-0.25, -0.2) is 9.48 Å². The summed E-state index contributed by atoms with van der Waals surface area (Å²) in [4.78, 5) is 33.3. The zero-order valence-corrected chi connectivity index (χ0v) is 22.6. The average molecular weight is 536 g/mol. The number of pyridine rings is 2. The number of amides is 3. The Morgan fingerprint density at radius 2 is 1.77 bits per heavy atom. The standard InChI is InChI=1S/C30H29N7O3/c1-18(2)25-17-28(37(36-25)22-8-9-24-20(15-22)6-5-12-32-24)35-30(39)34-21-7-10-27(19(3)14-21)40-23-11-13-33-26(16-23)29(38)31-4/h5-18H,1-4H3,(H,31,38)(H2,34,35,39). The molecular formula is C30H29N7O3. The van der Waals surface area contributed by atoms with Gasteiger partial charge in [0.1, 0.15) is 23.0 Å². The topological polar surface area (TPSA) is 123 Å². The number of ether oxygens (including phenoxy) is 1. The minimum atomic E-state index is -0.406. The Bertz CT molecular complexity index is 1710. The Kier molecular flexibility index (Phi) is 7.41. The number of hydrogen-bond acceptors (Lipinski definition) is 6. The van der Waals surface area contributed by atoms with E-state index in [0.29, 0.717) is 23.0 Å². The molecule has 0 radical (unpaired) electrons. The number of fused-ring (bicyclic) bond motifs is 1. The Labute approximate surface area is 231 Å². The van der Waals surface area contributed by atoms with Crippen molar-refractivity contribution >= 4 is 34.3 Å². The number of benzene rings is 2. The van der Waals surface area contributed by atoms with E-state index in [9.17, 15) is 9.59 Å². The van der Waals surface area contributed by atoms with E-state index in [1.807, 2.05) is 49.4 Å². The highest BCUT2D eigenvalue weighted by Gasteiger charge is 2.16. The number of rotatable bonds is 7. The number of aromatic nitrogens is 4. The van der Waals surface area contributed by atoms with Crippen LogP contribution in [-0.2, 0) is 0 Å². The molecule has 202 valence electrons. The molecule has 0 unspecified atom stereocenters. The fourth-order valence-corrected chi connectivity index (χ4v) is 4.14. The molecule has 0 aliphatic carbocycles. The number of nitrogens with zero attached hydrogens (tertiary/aromatic N) is 4. The van der Waals surface area contributed by atoms with E-state index in [1.165, 1.54) is 6.20 Å². The lowest BCUT2D eigenvalue weighted by molar-refractivity contribution is 0.0958. The fraction of sp³-hybridized carbons (Fsp3) is 0.167. The van der Waals surface area contributed by atoms with Gasteiger partial charge in [0.25, 0.3) is 5.91 Å². The molecule has 2 aromatic carbocycles. The molecule has 10 heteroatoms. The Morgan fingerprint density at radius 1 is 0.925 bits per heavy atom. The lowest BCUT2D eigenvalue weighted by Gasteiger charge is -2.13. The third kappa shape index (κ3) is 5.75. The SMILES string of the molecule is CNC(=O)c1cc(Oc2ccc(NC(=O)Nc3cc(C(C)C)nn3-c3ccc4ncccc4c3)cc2C)ccn1. The van der Waals surface area contributed by atoms with Gasteiger partial charge in [0.2, 0.25) is 0 Å². The summed E-state index contributed by atoms with van der Waals surface area (Å²) in [7, 11) is 1.54. The van der Waals surface area contributed by atoms with Crippen LogP contribution >= 0.6 is 0 Å². The van der Waals surface area contributed by atoms with Gasteiger partial charge in [0.15, 0.2) is 0 Å². The molecule has 0 saturated carbocycles. The van der Waals surface area contributed by atoms with Crippen molar-refractivity contribution in [2.75, 3.05) is 17.7 Å². The molecule has 3 heterocycles. The second-order valence-corrected chi connectivity index (χ2v) is 9.52. The summed E-state index contributed by atoms with van der Waals surface area (Å²) >= 11 is 0. The van der Waals surface area contributed by atoms with Crippen molar-refractivity contribution in [2.45, 2.75) is 26.7 Å². The van der Waals surface area contributed by atoms with E-state index >= 15 is 0 Å². The van der Waals surface area contributed by atoms with Gasteiger partial charge in [-0.1, -0.05) is 19.9 Å². The lowest BCUT2D eigenvalue weighted by atomic mass is 10.1. The molecule has 0 fully saturated rings.